The van der Waals surface area contributed by atoms with E-state index in [0.29, 0.717) is 25.0 Å². The summed E-state index contributed by atoms with van der Waals surface area (Å²) in [6.07, 6.45) is 5.16. The summed E-state index contributed by atoms with van der Waals surface area (Å²) in [7, 11) is 0. The van der Waals surface area contributed by atoms with Gasteiger partial charge in [-0.2, -0.15) is 0 Å². The van der Waals surface area contributed by atoms with Crippen LogP contribution in [0.2, 0.25) is 0 Å². The van der Waals surface area contributed by atoms with Gasteiger partial charge < -0.3 is 16.0 Å². The van der Waals surface area contributed by atoms with Gasteiger partial charge in [-0.15, -0.1) is 0 Å². The van der Waals surface area contributed by atoms with Gasteiger partial charge in [0, 0.05) is 24.7 Å². The SMILES string of the molecule is CC(C)CCCC(C)NC(N)=NCc1ccc(N2CCCC2=O)cc1. The Morgan fingerprint density at radius 2 is 1.96 bits per heavy atom. The molecule has 3 N–H and O–H groups in total. The average molecular weight is 345 g/mol. The largest absolute Gasteiger partial charge is 0.370 e. The highest BCUT2D eigenvalue weighted by Crippen LogP contribution is 2.21. The van der Waals surface area contributed by atoms with Crippen molar-refractivity contribution in [2.75, 3.05) is 11.4 Å². The molecule has 5 nitrogen and oxygen atoms in total. The predicted molar refractivity (Wildman–Crippen MR) is 105 cm³/mol. The van der Waals surface area contributed by atoms with E-state index in [-0.39, 0.29) is 5.91 Å². The van der Waals surface area contributed by atoms with Crippen molar-refractivity contribution in [1.82, 2.24) is 5.32 Å². The van der Waals surface area contributed by atoms with E-state index >= 15 is 0 Å². The zero-order valence-electron chi connectivity index (χ0n) is 15.8. The van der Waals surface area contributed by atoms with Gasteiger partial charge in [-0.1, -0.05) is 38.8 Å². The van der Waals surface area contributed by atoms with Crippen molar-refractivity contribution in [2.45, 2.75) is 65.5 Å². The number of guanidine groups is 1. The number of nitrogens with one attached hydrogen (secondary N) is 1. The van der Waals surface area contributed by atoms with Crippen molar-refractivity contribution in [3.8, 4) is 0 Å². The third kappa shape index (κ3) is 6.40. The first-order valence-electron chi connectivity index (χ1n) is 9.41. The van der Waals surface area contributed by atoms with Gasteiger partial charge in [-0.25, -0.2) is 4.99 Å². The van der Waals surface area contributed by atoms with Gasteiger partial charge in [-0.05, 0) is 43.4 Å². The molecule has 0 radical (unpaired) electrons. The van der Waals surface area contributed by atoms with Gasteiger partial charge >= 0.3 is 0 Å². The summed E-state index contributed by atoms with van der Waals surface area (Å²) in [6, 6.07) is 8.36. The van der Waals surface area contributed by atoms with Crippen molar-refractivity contribution in [3.63, 3.8) is 0 Å². The number of carbonyl (C=O) groups excluding carboxylic acids is 1. The summed E-state index contributed by atoms with van der Waals surface area (Å²) in [4.78, 5) is 18.0. The molecule has 1 aromatic carbocycles. The standard InChI is InChI=1S/C20H32N4O/c1-15(2)6-4-7-16(3)23-20(21)22-14-17-9-11-18(12-10-17)24-13-5-8-19(24)25/h9-12,15-16H,4-8,13-14H2,1-3H3,(H3,21,22,23). The minimum Gasteiger partial charge on any atom is -0.370 e. The quantitative estimate of drug-likeness (QED) is 0.560. The molecule has 1 aliphatic heterocycles. The first kappa shape index (κ1) is 19.3. The van der Waals surface area contributed by atoms with Gasteiger partial charge in [0.05, 0.1) is 6.54 Å². The summed E-state index contributed by atoms with van der Waals surface area (Å²) < 4.78 is 0. The summed E-state index contributed by atoms with van der Waals surface area (Å²) in [5, 5.41) is 3.26. The van der Waals surface area contributed by atoms with E-state index in [1.165, 1.54) is 12.8 Å². The van der Waals surface area contributed by atoms with Gasteiger partial charge in [0.2, 0.25) is 5.91 Å². The Bertz CT molecular complexity index is 580. The molecule has 1 unspecified atom stereocenters. The van der Waals surface area contributed by atoms with E-state index in [4.69, 9.17) is 5.73 Å². The number of nitrogens with two attached hydrogens (primary N) is 1. The van der Waals surface area contributed by atoms with Gasteiger partial charge in [0.25, 0.3) is 0 Å². The number of benzene rings is 1. The second kappa shape index (κ2) is 9.44. The van der Waals surface area contributed by atoms with Gasteiger partial charge in [0.15, 0.2) is 5.96 Å². The topological polar surface area (TPSA) is 70.7 Å². The second-order valence-electron chi connectivity index (χ2n) is 7.39. The molecule has 2 rings (SSSR count). The molecule has 0 spiro atoms. The number of hydrogen-bond acceptors (Lipinski definition) is 2. The molecule has 0 saturated carbocycles. The van der Waals surface area contributed by atoms with Crippen molar-refractivity contribution < 1.29 is 4.79 Å². The Morgan fingerprint density at radius 1 is 1.24 bits per heavy atom. The van der Waals surface area contributed by atoms with E-state index < -0.39 is 0 Å². The molecular formula is C20H32N4O. The predicted octanol–water partition coefficient (Wildman–Crippen LogP) is 3.43. The van der Waals surface area contributed by atoms with Crippen molar-refractivity contribution in [2.24, 2.45) is 16.6 Å². The molecule has 5 heteroatoms. The zero-order valence-corrected chi connectivity index (χ0v) is 15.8. The third-order valence-corrected chi connectivity index (χ3v) is 4.57. The lowest BCUT2D eigenvalue weighted by molar-refractivity contribution is -0.117. The fourth-order valence-electron chi connectivity index (χ4n) is 3.08. The first-order valence-corrected chi connectivity index (χ1v) is 9.41. The van der Waals surface area contributed by atoms with Crippen molar-refractivity contribution in [3.05, 3.63) is 29.8 Å². The molecule has 1 aromatic rings. The van der Waals surface area contributed by atoms with E-state index in [9.17, 15) is 4.79 Å². The third-order valence-electron chi connectivity index (χ3n) is 4.57. The van der Waals surface area contributed by atoms with Crippen LogP contribution < -0.4 is 16.0 Å². The van der Waals surface area contributed by atoms with Crippen LogP contribution in [-0.2, 0) is 11.3 Å². The highest BCUT2D eigenvalue weighted by Gasteiger charge is 2.21. The molecule has 1 atom stereocenters. The van der Waals surface area contributed by atoms with E-state index in [1.54, 1.807) is 0 Å². The highest BCUT2D eigenvalue weighted by atomic mass is 16.2. The molecule has 1 saturated heterocycles. The number of carbonyl (C=O) groups is 1. The molecule has 0 aliphatic carbocycles. The Labute approximate surface area is 151 Å². The average Bonchev–Trinajstić information content (AvgIpc) is 2.99. The number of nitrogens with zero attached hydrogens (tertiary/aromatic N) is 2. The molecule has 0 bridgehead atoms. The fraction of sp³-hybridized carbons (Fsp3) is 0.600. The van der Waals surface area contributed by atoms with E-state index in [2.05, 4.69) is 31.1 Å². The van der Waals surface area contributed by atoms with Crippen LogP contribution in [0, 0.1) is 5.92 Å². The van der Waals surface area contributed by atoms with Crippen LogP contribution in [0.3, 0.4) is 0 Å². The zero-order chi connectivity index (χ0) is 18.2. The molecule has 138 valence electrons. The molecule has 25 heavy (non-hydrogen) atoms. The number of rotatable bonds is 8. The normalized spacial score (nSPS) is 16.6. The molecule has 0 aromatic heterocycles. The molecule has 1 heterocycles. The molecule has 1 amide bonds. The van der Waals surface area contributed by atoms with Crippen LogP contribution in [-0.4, -0.2) is 24.5 Å². The maximum atomic E-state index is 11.8. The minimum atomic E-state index is 0.214. The maximum Gasteiger partial charge on any atom is 0.227 e. The lowest BCUT2D eigenvalue weighted by Crippen LogP contribution is -2.38. The Balaban J connectivity index is 1.79. The van der Waals surface area contributed by atoms with Crippen LogP contribution >= 0.6 is 0 Å². The number of aliphatic imine (C=N–C) groups is 1. The maximum absolute atomic E-state index is 11.8. The van der Waals surface area contributed by atoms with Crippen LogP contribution in [0.1, 0.15) is 58.4 Å². The minimum absolute atomic E-state index is 0.214. The lowest BCUT2D eigenvalue weighted by atomic mass is 10.0. The van der Waals surface area contributed by atoms with Gasteiger partial charge in [0.1, 0.15) is 0 Å². The molecular weight excluding hydrogens is 312 g/mol. The monoisotopic (exact) mass is 344 g/mol. The Hall–Kier alpha value is -2.04. The summed E-state index contributed by atoms with van der Waals surface area (Å²) in [6.45, 7) is 8.01. The summed E-state index contributed by atoms with van der Waals surface area (Å²) in [5.41, 5.74) is 8.05. The Kier molecular flexibility index (Phi) is 7.29. The van der Waals surface area contributed by atoms with E-state index in [0.717, 1.165) is 36.6 Å². The van der Waals surface area contributed by atoms with Crippen LogP contribution in [0.25, 0.3) is 0 Å². The number of anilines is 1. The lowest BCUT2D eigenvalue weighted by Gasteiger charge is -2.16. The summed E-state index contributed by atoms with van der Waals surface area (Å²) in [5.74, 6) is 1.46. The fourth-order valence-corrected chi connectivity index (χ4v) is 3.08. The van der Waals surface area contributed by atoms with Crippen LogP contribution in [0.15, 0.2) is 29.3 Å². The Morgan fingerprint density at radius 3 is 2.56 bits per heavy atom. The number of amides is 1. The number of hydrogen-bond donors (Lipinski definition) is 2. The molecule has 1 aliphatic rings. The smallest absolute Gasteiger partial charge is 0.227 e. The van der Waals surface area contributed by atoms with E-state index in [1.807, 2.05) is 29.2 Å². The van der Waals surface area contributed by atoms with Crippen LogP contribution in [0.5, 0.6) is 0 Å². The highest BCUT2D eigenvalue weighted by molar-refractivity contribution is 5.95. The van der Waals surface area contributed by atoms with Crippen molar-refractivity contribution >= 4 is 17.6 Å². The molecule has 1 fully saturated rings. The summed E-state index contributed by atoms with van der Waals surface area (Å²) >= 11 is 0. The van der Waals surface area contributed by atoms with Crippen molar-refractivity contribution in [1.29, 1.82) is 0 Å². The first-order chi connectivity index (χ1) is 12.0. The van der Waals surface area contributed by atoms with Gasteiger partial charge in [-0.3, -0.25) is 4.79 Å². The second-order valence-corrected chi connectivity index (χ2v) is 7.39. The van der Waals surface area contributed by atoms with Crippen LogP contribution in [0.4, 0.5) is 5.69 Å².